The molecule has 20 heavy (non-hydrogen) atoms. The SMILES string of the molecule is CC(=O)NC1=CN(CC(=O)O)C(c2ccccc2)NC1. The highest BCUT2D eigenvalue weighted by atomic mass is 16.4. The van der Waals surface area contributed by atoms with Gasteiger partial charge in [0, 0.05) is 25.4 Å². The summed E-state index contributed by atoms with van der Waals surface area (Å²) >= 11 is 0. The van der Waals surface area contributed by atoms with E-state index in [1.165, 1.54) is 6.92 Å². The van der Waals surface area contributed by atoms with E-state index < -0.39 is 5.97 Å². The lowest BCUT2D eigenvalue weighted by Gasteiger charge is -2.35. The number of nitrogens with zero attached hydrogens (tertiary/aromatic N) is 1. The van der Waals surface area contributed by atoms with Crippen molar-refractivity contribution in [3.63, 3.8) is 0 Å². The molecule has 3 N–H and O–H groups in total. The number of hydrogen-bond acceptors (Lipinski definition) is 4. The quantitative estimate of drug-likeness (QED) is 0.752. The number of nitrogens with one attached hydrogen (secondary N) is 2. The first kappa shape index (κ1) is 14.1. The molecule has 6 heteroatoms. The number of aliphatic carboxylic acids is 1. The van der Waals surface area contributed by atoms with E-state index in [4.69, 9.17) is 5.11 Å². The maximum atomic E-state index is 11.1. The van der Waals surface area contributed by atoms with E-state index in [0.29, 0.717) is 12.2 Å². The van der Waals surface area contributed by atoms with Crippen LogP contribution in [0.15, 0.2) is 42.2 Å². The molecule has 0 saturated heterocycles. The molecule has 0 aliphatic carbocycles. The number of carboxylic acid groups (broad SMARTS) is 1. The van der Waals surface area contributed by atoms with Crippen LogP contribution in [-0.4, -0.2) is 35.0 Å². The summed E-state index contributed by atoms with van der Waals surface area (Å²) in [6.45, 7) is 1.76. The Morgan fingerprint density at radius 2 is 2.10 bits per heavy atom. The first-order valence-corrected chi connectivity index (χ1v) is 6.30. The first-order chi connectivity index (χ1) is 9.56. The summed E-state index contributed by atoms with van der Waals surface area (Å²) in [7, 11) is 0. The van der Waals surface area contributed by atoms with E-state index in [2.05, 4.69) is 10.6 Å². The van der Waals surface area contributed by atoms with Crippen LogP contribution in [0.25, 0.3) is 0 Å². The molecule has 6 nitrogen and oxygen atoms in total. The van der Waals surface area contributed by atoms with E-state index in [0.717, 1.165) is 5.56 Å². The minimum Gasteiger partial charge on any atom is -0.480 e. The minimum absolute atomic E-state index is 0.143. The molecule has 1 unspecified atom stereocenters. The van der Waals surface area contributed by atoms with Crippen LogP contribution in [0.2, 0.25) is 0 Å². The fourth-order valence-corrected chi connectivity index (χ4v) is 2.18. The van der Waals surface area contributed by atoms with Crippen LogP contribution in [0.4, 0.5) is 0 Å². The topological polar surface area (TPSA) is 81.7 Å². The highest BCUT2D eigenvalue weighted by molar-refractivity contribution is 5.75. The molecule has 1 heterocycles. The van der Waals surface area contributed by atoms with Crippen LogP contribution in [0.3, 0.4) is 0 Å². The second kappa shape index (κ2) is 6.21. The van der Waals surface area contributed by atoms with Gasteiger partial charge in [-0.2, -0.15) is 0 Å². The van der Waals surface area contributed by atoms with Gasteiger partial charge in [-0.1, -0.05) is 30.3 Å². The molecule has 0 saturated carbocycles. The third-order valence-corrected chi connectivity index (χ3v) is 2.91. The first-order valence-electron chi connectivity index (χ1n) is 6.30. The summed E-state index contributed by atoms with van der Waals surface area (Å²) in [4.78, 5) is 23.7. The lowest BCUT2D eigenvalue weighted by Crippen LogP contribution is -2.45. The summed E-state index contributed by atoms with van der Waals surface area (Å²) < 4.78 is 0. The Bertz CT molecular complexity index is 528. The summed E-state index contributed by atoms with van der Waals surface area (Å²) in [5, 5.41) is 14.9. The Morgan fingerprint density at radius 1 is 1.40 bits per heavy atom. The van der Waals surface area contributed by atoms with Gasteiger partial charge in [0.1, 0.15) is 12.7 Å². The molecule has 1 aromatic carbocycles. The van der Waals surface area contributed by atoms with E-state index in [-0.39, 0.29) is 18.6 Å². The van der Waals surface area contributed by atoms with Crippen molar-refractivity contribution < 1.29 is 14.7 Å². The van der Waals surface area contributed by atoms with Gasteiger partial charge in [0.15, 0.2) is 0 Å². The number of benzene rings is 1. The number of amides is 1. The smallest absolute Gasteiger partial charge is 0.323 e. The number of carboxylic acids is 1. The maximum absolute atomic E-state index is 11.1. The second-order valence-corrected chi connectivity index (χ2v) is 4.60. The molecule has 0 fully saturated rings. The molecule has 1 amide bonds. The molecule has 0 spiro atoms. The molecule has 0 aromatic heterocycles. The van der Waals surface area contributed by atoms with Crippen LogP contribution in [0.5, 0.6) is 0 Å². The predicted molar refractivity (Wildman–Crippen MR) is 73.4 cm³/mol. The molecule has 1 aromatic rings. The van der Waals surface area contributed by atoms with Crippen LogP contribution < -0.4 is 10.6 Å². The fourth-order valence-electron chi connectivity index (χ4n) is 2.18. The summed E-state index contributed by atoms with van der Waals surface area (Å²) in [5.41, 5.74) is 1.64. The lowest BCUT2D eigenvalue weighted by atomic mass is 10.1. The average molecular weight is 275 g/mol. The van der Waals surface area contributed by atoms with Gasteiger partial charge in [0.2, 0.25) is 5.91 Å². The zero-order chi connectivity index (χ0) is 14.5. The molecule has 1 aliphatic heterocycles. The molecule has 1 atom stereocenters. The van der Waals surface area contributed by atoms with Crippen molar-refractivity contribution in [2.24, 2.45) is 0 Å². The van der Waals surface area contributed by atoms with Crippen LogP contribution in [0.1, 0.15) is 18.7 Å². The Kier molecular flexibility index (Phi) is 4.37. The molecule has 1 aliphatic rings. The Balaban J connectivity index is 2.22. The largest absolute Gasteiger partial charge is 0.480 e. The van der Waals surface area contributed by atoms with E-state index in [9.17, 15) is 9.59 Å². The average Bonchev–Trinajstić information content (AvgIpc) is 2.38. The zero-order valence-corrected chi connectivity index (χ0v) is 11.2. The van der Waals surface area contributed by atoms with E-state index >= 15 is 0 Å². The van der Waals surface area contributed by atoms with Crippen LogP contribution >= 0.6 is 0 Å². The van der Waals surface area contributed by atoms with Gasteiger partial charge in [0.05, 0.1) is 0 Å². The van der Waals surface area contributed by atoms with Gasteiger partial charge in [-0.05, 0) is 5.56 Å². The van der Waals surface area contributed by atoms with Gasteiger partial charge in [-0.3, -0.25) is 14.9 Å². The van der Waals surface area contributed by atoms with Gasteiger partial charge in [0.25, 0.3) is 0 Å². The highest BCUT2D eigenvalue weighted by Gasteiger charge is 2.24. The van der Waals surface area contributed by atoms with Crippen molar-refractivity contribution >= 4 is 11.9 Å². The van der Waals surface area contributed by atoms with Crippen LogP contribution in [-0.2, 0) is 9.59 Å². The number of hydrogen-bond donors (Lipinski definition) is 3. The Morgan fingerprint density at radius 3 is 2.70 bits per heavy atom. The van der Waals surface area contributed by atoms with Crippen LogP contribution in [0, 0.1) is 0 Å². The summed E-state index contributed by atoms with van der Waals surface area (Å²) in [5.74, 6) is -1.10. The van der Waals surface area contributed by atoms with E-state index in [1.807, 2.05) is 30.3 Å². The maximum Gasteiger partial charge on any atom is 0.323 e. The van der Waals surface area contributed by atoms with Crippen molar-refractivity contribution in [1.82, 2.24) is 15.5 Å². The van der Waals surface area contributed by atoms with Crippen molar-refractivity contribution in [2.45, 2.75) is 13.1 Å². The van der Waals surface area contributed by atoms with Gasteiger partial charge in [-0.15, -0.1) is 0 Å². The van der Waals surface area contributed by atoms with Gasteiger partial charge < -0.3 is 15.3 Å². The summed E-state index contributed by atoms with van der Waals surface area (Å²) in [6, 6.07) is 9.59. The molecular formula is C14H17N3O3. The third-order valence-electron chi connectivity index (χ3n) is 2.91. The van der Waals surface area contributed by atoms with Crippen molar-refractivity contribution in [3.05, 3.63) is 47.8 Å². The predicted octanol–water partition coefficient (Wildman–Crippen LogP) is 0.652. The van der Waals surface area contributed by atoms with Crippen molar-refractivity contribution in [3.8, 4) is 0 Å². The van der Waals surface area contributed by atoms with Gasteiger partial charge in [-0.25, -0.2) is 0 Å². The number of rotatable bonds is 4. The number of carbonyl (C=O) groups excluding carboxylic acids is 1. The third kappa shape index (κ3) is 3.58. The molecule has 2 rings (SSSR count). The molecule has 0 radical (unpaired) electrons. The second-order valence-electron chi connectivity index (χ2n) is 4.60. The fraction of sp³-hybridized carbons (Fsp3) is 0.286. The van der Waals surface area contributed by atoms with Crippen molar-refractivity contribution in [1.29, 1.82) is 0 Å². The lowest BCUT2D eigenvalue weighted by molar-refractivity contribution is -0.138. The Labute approximate surface area is 117 Å². The van der Waals surface area contributed by atoms with E-state index in [1.54, 1.807) is 11.1 Å². The number of carbonyl (C=O) groups is 2. The van der Waals surface area contributed by atoms with Gasteiger partial charge >= 0.3 is 5.97 Å². The van der Waals surface area contributed by atoms with Crippen molar-refractivity contribution in [2.75, 3.05) is 13.1 Å². The normalized spacial score (nSPS) is 18.4. The monoisotopic (exact) mass is 275 g/mol. The minimum atomic E-state index is -0.923. The zero-order valence-electron chi connectivity index (χ0n) is 11.2. The Hall–Kier alpha value is -2.34. The summed E-state index contributed by atoms with van der Waals surface area (Å²) in [6.07, 6.45) is 1.47. The molecule has 106 valence electrons. The molecule has 0 bridgehead atoms. The standard InChI is InChI=1S/C14H17N3O3/c1-10(18)16-12-7-15-14(11-5-3-2-4-6-11)17(8-12)9-13(19)20/h2-6,8,14-15H,7,9H2,1H3,(H,16,18)(H,19,20). The highest BCUT2D eigenvalue weighted by Crippen LogP contribution is 2.21. The molecular weight excluding hydrogens is 258 g/mol.